The first-order valence-electron chi connectivity index (χ1n) is 1.15. The summed E-state index contributed by atoms with van der Waals surface area (Å²) in [4.78, 5) is 0. The van der Waals surface area contributed by atoms with E-state index in [1.807, 2.05) is 6.92 Å². The molecule has 0 fully saturated rings. The van der Waals surface area contributed by atoms with Gasteiger partial charge in [-0.15, -0.1) is 0 Å². The quantitative estimate of drug-likeness (QED) is 0.482. The van der Waals surface area contributed by atoms with Crippen molar-refractivity contribution in [3.05, 3.63) is 0 Å². The van der Waals surface area contributed by atoms with Gasteiger partial charge in [-0.25, -0.2) is 0 Å². The molecule has 0 aliphatic carbocycles. The largest absolute Gasteiger partial charge is 0.280 e. The minimum absolute atomic E-state index is 0. The second-order valence-electron chi connectivity index (χ2n) is 0.398. The fourth-order valence-corrected chi connectivity index (χ4v) is 0. The SMILES string of the molecule is CCOCl.[Ti]. The molecule has 0 aliphatic rings. The fourth-order valence-electron chi connectivity index (χ4n) is 0. The standard InChI is InChI=1S/C2H5ClO.Ti/c1-2-4-3;/h2H2,1H3;. The maximum atomic E-state index is 4.69. The molecule has 0 atom stereocenters. The molecule has 0 aromatic carbocycles. The van der Waals surface area contributed by atoms with Gasteiger partial charge in [0.05, 0.1) is 18.5 Å². The van der Waals surface area contributed by atoms with Crippen molar-refractivity contribution in [2.24, 2.45) is 0 Å². The zero-order valence-corrected chi connectivity index (χ0v) is 5.31. The zero-order chi connectivity index (χ0) is 3.41. The van der Waals surface area contributed by atoms with E-state index < -0.39 is 0 Å². The van der Waals surface area contributed by atoms with Gasteiger partial charge in [0.15, 0.2) is 0 Å². The van der Waals surface area contributed by atoms with Crippen LogP contribution < -0.4 is 0 Å². The van der Waals surface area contributed by atoms with Gasteiger partial charge in [0.25, 0.3) is 0 Å². The van der Waals surface area contributed by atoms with Crippen LogP contribution in [-0.4, -0.2) is 6.61 Å². The number of hydrogen-bond acceptors (Lipinski definition) is 1. The van der Waals surface area contributed by atoms with Crippen molar-refractivity contribution in [2.75, 3.05) is 6.61 Å². The van der Waals surface area contributed by atoms with Gasteiger partial charge < -0.3 is 0 Å². The molecule has 5 heavy (non-hydrogen) atoms. The molecule has 0 N–H and O–H groups in total. The van der Waals surface area contributed by atoms with Gasteiger partial charge in [-0.05, 0) is 6.92 Å². The van der Waals surface area contributed by atoms with Crippen LogP contribution in [-0.2, 0) is 26.0 Å². The summed E-state index contributed by atoms with van der Waals surface area (Å²) in [5.41, 5.74) is 0. The molecule has 0 saturated heterocycles. The number of rotatable bonds is 1. The van der Waals surface area contributed by atoms with Crippen LogP contribution in [0.3, 0.4) is 0 Å². The Morgan fingerprint density at radius 1 is 1.80 bits per heavy atom. The first-order chi connectivity index (χ1) is 1.91. The van der Waals surface area contributed by atoms with Crippen LogP contribution in [0.1, 0.15) is 6.92 Å². The van der Waals surface area contributed by atoms with Crippen molar-refractivity contribution >= 4 is 11.9 Å². The van der Waals surface area contributed by atoms with E-state index in [-0.39, 0.29) is 21.7 Å². The summed E-state index contributed by atoms with van der Waals surface area (Å²) in [6.07, 6.45) is 0. The molecular formula is C2H5ClOTi. The Bertz CT molecular complexity index is 11.6. The average Bonchev–Trinajstić information content (AvgIpc) is 1.37. The van der Waals surface area contributed by atoms with Crippen molar-refractivity contribution in [2.45, 2.75) is 6.92 Å². The van der Waals surface area contributed by atoms with E-state index in [1.54, 1.807) is 0 Å². The third-order valence-corrected chi connectivity index (χ3v) is 0.327. The summed E-state index contributed by atoms with van der Waals surface area (Å²) in [5.74, 6) is 0. The van der Waals surface area contributed by atoms with E-state index in [0.717, 1.165) is 0 Å². The summed E-state index contributed by atoms with van der Waals surface area (Å²) < 4.78 is 4.01. The molecule has 0 unspecified atom stereocenters. The molecular weight excluding hydrogens is 123 g/mol. The van der Waals surface area contributed by atoms with E-state index in [2.05, 4.69) is 16.2 Å². The minimum atomic E-state index is 0. The fraction of sp³-hybridized carbons (Fsp3) is 1.00. The molecule has 0 spiro atoms. The summed E-state index contributed by atoms with van der Waals surface area (Å²) in [6, 6.07) is 0. The minimum Gasteiger partial charge on any atom is -0.280 e. The van der Waals surface area contributed by atoms with Gasteiger partial charge in [-0.1, -0.05) is 0 Å². The van der Waals surface area contributed by atoms with Crippen LogP contribution in [0.4, 0.5) is 0 Å². The second kappa shape index (κ2) is 8.88. The number of halogens is 1. The van der Waals surface area contributed by atoms with Gasteiger partial charge in [0.1, 0.15) is 0 Å². The molecule has 0 rings (SSSR count). The van der Waals surface area contributed by atoms with Gasteiger partial charge in [-0.2, -0.15) is 0 Å². The topological polar surface area (TPSA) is 9.23 Å². The van der Waals surface area contributed by atoms with Crippen LogP contribution in [0.25, 0.3) is 0 Å². The third-order valence-electron chi connectivity index (χ3n) is 0.109. The summed E-state index contributed by atoms with van der Waals surface area (Å²) in [6.45, 7) is 2.41. The first kappa shape index (κ1) is 9.35. The van der Waals surface area contributed by atoms with Crippen molar-refractivity contribution in [1.29, 1.82) is 0 Å². The Balaban J connectivity index is 0. The van der Waals surface area contributed by atoms with Gasteiger partial charge in [-0.3, -0.25) is 4.29 Å². The molecule has 0 aliphatic heterocycles. The van der Waals surface area contributed by atoms with Crippen molar-refractivity contribution < 1.29 is 26.0 Å². The molecule has 0 saturated carbocycles. The van der Waals surface area contributed by atoms with E-state index in [9.17, 15) is 0 Å². The molecule has 1 nitrogen and oxygen atoms in total. The second-order valence-corrected chi connectivity index (χ2v) is 0.616. The van der Waals surface area contributed by atoms with E-state index in [1.165, 1.54) is 0 Å². The van der Waals surface area contributed by atoms with E-state index >= 15 is 0 Å². The van der Waals surface area contributed by atoms with Crippen molar-refractivity contribution in [3.63, 3.8) is 0 Å². The Kier molecular flexibility index (Phi) is 16.6. The van der Waals surface area contributed by atoms with Gasteiger partial charge >= 0.3 is 0 Å². The third kappa shape index (κ3) is 11.3. The monoisotopic (exact) mass is 128 g/mol. The van der Waals surface area contributed by atoms with Crippen LogP contribution in [0, 0.1) is 0 Å². The Hall–Kier alpha value is 0.964. The number of hydrogen-bond donors (Lipinski definition) is 0. The maximum Gasteiger partial charge on any atom is 0.0654 e. The predicted octanol–water partition coefficient (Wildman–Crippen LogP) is 1.17. The summed E-state index contributed by atoms with van der Waals surface area (Å²) >= 11 is 4.69. The predicted molar refractivity (Wildman–Crippen MR) is 17.5 cm³/mol. The van der Waals surface area contributed by atoms with Crippen molar-refractivity contribution in [3.8, 4) is 0 Å². The molecule has 0 amide bonds. The van der Waals surface area contributed by atoms with E-state index in [0.29, 0.717) is 6.61 Å². The average molecular weight is 128 g/mol. The van der Waals surface area contributed by atoms with Crippen LogP contribution in [0.5, 0.6) is 0 Å². The maximum absolute atomic E-state index is 4.69. The van der Waals surface area contributed by atoms with Crippen LogP contribution in [0.2, 0.25) is 0 Å². The molecule has 0 radical (unpaired) electrons. The Labute approximate surface area is 51.7 Å². The molecule has 30 valence electrons. The van der Waals surface area contributed by atoms with Crippen molar-refractivity contribution in [1.82, 2.24) is 0 Å². The first-order valence-corrected chi connectivity index (χ1v) is 1.46. The molecule has 0 aromatic rings. The van der Waals surface area contributed by atoms with Gasteiger partial charge in [0, 0.05) is 21.7 Å². The van der Waals surface area contributed by atoms with Crippen LogP contribution >= 0.6 is 11.9 Å². The molecule has 0 aromatic heterocycles. The zero-order valence-electron chi connectivity index (χ0n) is 2.99. The summed E-state index contributed by atoms with van der Waals surface area (Å²) in [7, 11) is 0. The Morgan fingerprint density at radius 3 is 2.00 bits per heavy atom. The van der Waals surface area contributed by atoms with Crippen LogP contribution in [0.15, 0.2) is 0 Å². The van der Waals surface area contributed by atoms with E-state index in [4.69, 9.17) is 0 Å². The molecule has 3 heteroatoms. The summed E-state index contributed by atoms with van der Waals surface area (Å²) in [5, 5.41) is 0. The van der Waals surface area contributed by atoms with Gasteiger partial charge in [0.2, 0.25) is 0 Å². The Morgan fingerprint density at radius 2 is 2.00 bits per heavy atom. The molecule has 0 bridgehead atoms. The molecule has 0 heterocycles. The smallest absolute Gasteiger partial charge is 0.0654 e. The normalized spacial score (nSPS) is 6.00.